The molecule has 0 saturated heterocycles. The highest BCUT2D eigenvalue weighted by atomic mass is 14.2. The molecule has 1 atom stereocenters. The predicted molar refractivity (Wildman–Crippen MR) is 79.7 cm³/mol. The van der Waals surface area contributed by atoms with Crippen LogP contribution >= 0.6 is 0 Å². The third-order valence-corrected chi connectivity index (χ3v) is 4.01. The number of nitrogens with zero attached hydrogens (tertiary/aromatic N) is 1. The Morgan fingerprint density at radius 3 is 2.63 bits per heavy atom. The molecule has 0 saturated carbocycles. The maximum absolute atomic E-state index is 8.92. The zero-order chi connectivity index (χ0) is 13.2. The van der Waals surface area contributed by atoms with Crippen molar-refractivity contribution >= 4 is 16.3 Å². The van der Waals surface area contributed by atoms with Gasteiger partial charge in [-0.1, -0.05) is 31.2 Å². The summed E-state index contributed by atoms with van der Waals surface area (Å²) in [7, 11) is 0. The number of hydrogen-bond acceptors (Lipinski definition) is 1. The van der Waals surface area contributed by atoms with Crippen LogP contribution in [0.15, 0.2) is 42.5 Å². The summed E-state index contributed by atoms with van der Waals surface area (Å²) in [6.45, 7) is 2.32. The molecule has 0 bridgehead atoms. The van der Waals surface area contributed by atoms with Gasteiger partial charge in [-0.15, -0.1) is 0 Å². The number of allylic oxidation sites excluding steroid dienone is 2. The van der Waals surface area contributed by atoms with E-state index < -0.39 is 0 Å². The Morgan fingerprint density at radius 1 is 1.11 bits per heavy atom. The SMILES string of the molecule is CC1CC=C(c2ccc3cc(C#N)ccc3c2)CC1. The summed E-state index contributed by atoms with van der Waals surface area (Å²) in [5.41, 5.74) is 3.54. The molecule has 0 fully saturated rings. The van der Waals surface area contributed by atoms with Crippen LogP contribution in [0.2, 0.25) is 0 Å². The van der Waals surface area contributed by atoms with Crippen molar-refractivity contribution in [1.29, 1.82) is 5.26 Å². The van der Waals surface area contributed by atoms with Crippen molar-refractivity contribution < 1.29 is 0 Å². The summed E-state index contributed by atoms with van der Waals surface area (Å²) in [5.74, 6) is 0.822. The molecular weight excluding hydrogens is 230 g/mol. The minimum atomic E-state index is 0.728. The molecule has 0 spiro atoms. The van der Waals surface area contributed by atoms with Crippen molar-refractivity contribution in [3.8, 4) is 6.07 Å². The second kappa shape index (κ2) is 4.90. The number of rotatable bonds is 1. The van der Waals surface area contributed by atoms with Crippen molar-refractivity contribution in [1.82, 2.24) is 0 Å². The quantitative estimate of drug-likeness (QED) is 0.702. The monoisotopic (exact) mass is 247 g/mol. The van der Waals surface area contributed by atoms with Gasteiger partial charge in [-0.2, -0.15) is 5.26 Å². The smallest absolute Gasteiger partial charge is 0.0991 e. The first-order chi connectivity index (χ1) is 9.26. The van der Waals surface area contributed by atoms with E-state index >= 15 is 0 Å². The lowest BCUT2D eigenvalue weighted by atomic mass is 9.87. The summed E-state index contributed by atoms with van der Waals surface area (Å²) in [5, 5.41) is 11.3. The first-order valence-electron chi connectivity index (χ1n) is 6.89. The van der Waals surface area contributed by atoms with E-state index in [0.717, 1.165) is 16.9 Å². The minimum Gasteiger partial charge on any atom is -0.192 e. The third kappa shape index (κ3) is 2.39. The van der Waals surface area contributed by atoms with Crippen LogP contribution in [0, 0.1) is 17.2 Å². The molecule has 3 rings (SSSR count). The van der Waals surface area contributed by atoms with Gasteiger partial charge in [-0.25, -0.2) is 0 Å². The number of benzene rings is 2. The molecular formula is C18H17N. The molecule has 94 valence electrons. The summed E-state index contributed by atoms with van der Waals surface area (Å²) < 4.78 is 0. The van der Waals surface area contributed by atoms with E-state index in [2.05, 4.69) is 37.3 Å². The second-order valence-electron chi connectivity index (χ2n) is 5.50. The third-order valence-electron chi connectivity index (χ3n) is 4.01. The topological polar surface area (TPSA) is 23.8 Å². The van der Waals surface area contributed by atoms with Crippen LogP contribution in [-0.2, 0) is 0 Å². The van der Waals surface area contributed by atoms with Gasteiger partial charge in [-0.05, 0) is 65.3 Å². The van der Waals surface area contributed by atoms with Crippen molar-refractivity contribution in [3.63, 3.8) is 0 Å². The lowest BCUT2D eigenvalue weighted by molar-refractivity contribution is 0.534. The molecule has 2 aromatic carbocycles. The highest BCUT2D eigenvalue weighted by molar-refractivity contribution is 5.87. The van der Waals surface area contributed by atoms with Gasteiger partial charge >= 0.3 is 0 Å². The van der Waals surface area contributed by atoms with Crippen LogP contribution < -0.4 is 0 Å². The van der Waals surface area contributed by atoms with E-state index in [9.17, 15) is 0 Å². The molecule has 1 nitrogen and oxygen atoms in total. The molecule has 1 aliphatic carbocycles. The van der Waals surface area contributed by atoms with Crippen molar-refractivity contribution in [2.45, 2.75) is 26.2 Å². The number of fused-ring (bicyclic) bond motifs is 1. The van der Waals surface area contributed by atoms with E-state index in [1.54, 1.807) is 0 Å². The maximum Gasteiger partial charge on any atom is 0.0991 e. The van der Waals surface area contributed by atoms with Crippen molar-refractivity contribution in [2.24, 2.45) is 5.92 Å². The summed E-state index contributed by atoms with van der Waals surface area (Å²) in [4.78, 5) is 0. The van der Waals surface area contributed by atoms with E-state index in [4.69, 9.17) is 5.26 Å². The Balaban J connectivity index is 2.01. The van der Waals surface area contributed by atoms with Gasteiger partial charge in [0.25, 0.3) is 0 Å². The lowest BCUT2D eigenvalue weighted by Gasteiger charge is -2.18. The highest BCUT2D eigenvalue weighted by Crippen LogP contribution is 2.31. The summed E-state index contributed by atoms with van der Waals surface area (Å²) >= 11 is 0. The molecule has 0 aromatic heterocycles. The van der Waals surface area contributed by atoms with Crippen molar-refractivity contribution in [3.05, 3.63) is 53.6 Å². The van der Waals surface area contributed by atoms with Crippen molar-refractivity contribution in [2.75, 3.05) is 0 Å². The van der Waals surface area contributed by atoms with E-state index in [0.29, 0.717) is 0 Å². The molecule has 0 radical (unpaired) electrons. The average molecular weight is 247 g/mol. The fraction of sp³-hybridized carbons (Fsp3) is 0.278. The van der Waals surface area contributed by atoms with Crippen LogP contribution in [-0.4, -0.2) is 0 Å². The van der Waals surface area contributed by atoms with Gasteiger partial charge in [-0.3, -0.25) is 0 Å². The molecule has 1 heteroatoms. The Morgan fingerprint density at radius 2 is 1.89 bits per heavy atom. The summed E-state index contributed by atoms with van der Waals surface area (Å²) in [6, 6.07) is 14.6. The van der Waals surface area contributed by atoms with E-state index in [1.807, 2.05) is 18.2 Å². The van der Waals surface area contributed by atoms with Gasteiger partial charge < -0.3 is 0 Å². The highest BCUT2D eigenvalue weighted by Gasteiger charge is 2.11. The van der Waals surface area contributed by atoms with Gasteiger partial charge in [0.1, 0.15) is 0 Å². The van der Waals surface area contributed by atoms with Gasteiger partial charge in [0.15, 0.2) is 0 Å². The minimum absolute atomic E-state index is 0.728. The number of nitriles is 1. The molecule has 1 aliphatic rings. The maximum atomic E-state index is 8.92. The zero-order valence-electron chi connectivity index (χ0n) is 11.2. The normalized spacial score (nSPS) is 18.9. The second-order valence-corrected chi connectivity index (χ2v) is 5.50. The molecule has 1 unspecified atom stereocenters. The van der Waals surface area contributed by atoms with Crippen LogP contribution in [0.5, 0.6) is 0 Å². The van der Waals surface area contributed by atoms with Crippen LogP contribution in [0.25, 0.3) is 16.3 Å². The first kappa shape index (κ1) is 12.0. The van der Waals surface area contributed by atoms with E-state index in [1.165, 1.54) is 35.8 Å². The molecule has 0 aliphatic heterocycles. The molecule has 0 heterocycles. The predicted octanol–water partition coefficient (Wildman–Crippen LogP) is 4.91. The summed E-state index contributed by atoms with van der Waals surface area (Å²) in [6.07, 6.45) is 6.06. The standard InChI is InChI=1S/C18H17N/c1-13-2-5-15(6-3-13)17-9-8-16-10-14(12-19)4-7-18(16)11-17/h4-5,7-11,13H,2-3,6H2,1H3. The van der Waals surface area contributed by atoms with Crippen LogP contribution in [0.1, 0.15) is 37.3 Å². The average Bonchev–Trinajstić information content (AvgIpc) is 2.47. The largest absolute Gasteiger partial charge is 0.192 e. The Kier molecular flexibility index (Phi) is 3.09. The molecule has 0 N–H and O–H groups in total. The fourth-order valence-electron chi connectivity index (χ4n) is 2.74. The Hall–Kier alpha value is -2.07. The first-order valence-corrected chi connectivity index (χ1v) is 6.89. The lowest BCUT2D eigenvalue weighted by Crippen LogP contribution is -2.00. The molecule has 2 aromatic rings. The van der Waals surface area contributed by atoms with Gasteiger partial charge in [0.05, 0.1) is 11.6 Å². The van der Waals surface area contributed by atoms with Gasteiger partial charge in [0, 0.05) is 0 Å². The fourth-order valence-corrected chi connectivity index (χ4v) is 2.74. The van der Waals surface area contributed by atoms with Crippen LogP contribution in [0.4, 0.5) is 0 Å². The Labute approximate surface area is 114 Å². The molecule has 0 amide bonds. The van der Waals surface area contributed by atoms with E-state index in [-0.39, 0.29) is 0 Å². The Bertz CT molecular complexity index is 688. The van der Waals surface area contributed by atoms with Gasteiger partial charge in [0.2, 0.25) is 0 Å². The zero-order valence-corrected chi connectivity index (χ0v) is 11.2. The number of hydrogen-bond donors (Lipinski definition) is 0. The van der Waals surface area contributed by atoms with Crippen LogP contribution in [0.3, 0.4) is 0 Å². The molecule has 19 heavy (non-hydrogen) atoms.